The number of benzene rings is 2. The standard InChI is InChI=1S/C18H21NO2/c1-3-15-5-4-6-17(13-15)21-12-11-19-18(20)16-9-7-14(2)8-10-16/h4-10,13H,3,11-12H2,1-2H3,(H,19,20). The first-order valence-corrected chi connectivity index (χ1v) is 7.25. The fraction of sp³-hybridized carbons (Fsp3) is 0.278. The summed E-state index contributed by atoms with van der Waals surface area (Å²) in [5.41, 5.74) is 3.07. The molecular weight excluding hydrogens is 262 g/mol. The zero-order valence-electron chi connectivity index (χ0n) is 12.6. The van der Waals surface area contributed by atoms with Crippen molar-refractivity contribution in [1.29, 1.82) is 0 Å². The first kappa shape index (κ1) is 15.1. The van der Waals surface area contributed by atoms with Crippen LogP contribution in [0, 0.1) is 6.92 Å². The molecule has 1 N–H and O–H groups in total. The third-order valence-electron chi connectivity index (χ3n) is 3.28. The van der Waals surface area contributed by atoms with E-state index in [1.807, 2.05) is 49.4 Å². The maximum atomic E-state index is 11.9. The third-order valence-corrected chi connectivity index (χ3v) is 3.28. The number of amides is 1. The Balaban J connectivity index is 1.76. The van der Waals surface area contributed by atoms with Gasteiger partial charge < -0.3 is 10.1 Å². The quantitative estimate of drug-likeness (QED) is 0.825. The van der Waals surface area contributed by atoms with Gasteiger partial charge in [0.05, 0.1) is 6.54 Å². The predicted molar refractivity (Wildman–Crippen MR) is 84.8 cm³/mol. The Bertz CT molecular complexity index is 590. The van der Waals surface area contributed by atoms with Crippen molar-refractivity contribution >= 4 is 5.91 Å². The van der Waals surface area contributed by atoms with Crippen LogP contribution in [0.2, 0.25) is 0 Å². The number of rotatable bonds is 6. The van der Waals surface area contributed by atoms with Gasteiger partial charge in [-0.2, -0.15) is 0 Å². The highest BCUT2D eigenvalue weighted by Crippen LogP contribution is 2.13. The van der Waals surface area contributed by atoms with Crippen LogP contribution in [-0.2, 0) is 6.42 Å². The average Bonchev–Trinajstić information content (AvgIpc) is 2.52. The second kappa shape index (κ2) is 7.48. The molecule has 0 fully saturated rings. The molecular formula is C18H21NO2. The van der Waals surface area contributed by atoms with Gasteiger partial charge in [0.2, 0.25) is 0 Å². The second-order valence-corrected chi connectivity index (χ2v) is 4.97. The molecule has 0 atom stereocenters. The Hall–Kier alpha value is -2.29. The molecule has 0 saturated heterocycles. The minimum Gasteiger partial charge on any atom is -0.492 e. The van der Waals surface area contributed by atoms with Crippen molar-refractivity contribution in [2.45, 2.75) is 20.3 Å². The highest BCUT2D eigenvalue weighted by atomic mass is 16.5. The normalized spacial score (nSPS) is 10.2. The fourth-order valence-corrected chi connectivity index (χ4v) is 2.00. The fourth-order valence-electron chi connectivity index (χ4n) is 2.00. The zero-order chi connectivity index (χ0) is 15.1. The molecule has 21 heavy (non-hydrogen) atoms. The molecule has 2 aromatic rings. The Morgan fingerprint density at radius 2 is 1.90 bits per heavy atom. The summed E-state index contributed by atoms with van der Waals surface area (Å²) in [6, 6.07) is 15.5. The molecule has 0 unspecified atom stereocenters. The summed E-state index contributed by atoms with van der Waals surface area (Å²) in [6.07, 6.45) is 0.987. The van der Waals surface area contributed by atoms with Gasteiger partial charge in [0.1, 0.15) is 12.4 Å². The van der Waals surface area contributed by atoms with Crippen LogP contribution in [-0.4, -0.2) is 19.1 Å². The van der Waals surface area contributed by atoms with E-state index in [1.54, 1.807) is 0 Å². The predicted octanol–water partition coefficient (Wildman–Crippen LogP) is 3.37. The van der Waals surface area contributed by atoms with Gasteiger partial charge >= 0.3 is 0 Å². The largest absolute Gasteiger partial charge is 0.492 e. The molecule has 2 rings (SSSR count). The summed E-state index contributed by atoms with van der Waals surface area (Å²) in [6.45, 7) is 5.06. The van der Waals surface area contributed by atoms with Gasteiger partial charge in [-0.05, 0) is 43.2 Å². The number of hydrogen-bond acceptors (Lipinski definition) is 2. The van der Waals surface area contributed by atoms with Crippen LogP contribution in [0.3, 0.4) is 0 Å². The Labute approximate surface area is 126 Å². The lowest BCUT2D eigenvalue weighted by molar-refractivity contribution is 0.0947. The van der Waals surface area contributed by atoms with E-state index in [9.17, 15) is 4.79 Å². The third kappa shape index (κ3) is 4.63. The lowest BCUT2D eigenvalue weighted by atomic mass is 10.1. The maximum Gasteiger partial charge on any atom is 0.251 e. The van der Waals surface area contributed by atoms with Crippen molar-refractivity contribution < 1.29 is 9.53 Å². The molecule has 0 aliphatic heterocycles. The van der Waals surface area contributed by atoms with Crippen LogP contribution in [0.25, 0.3) is 0 Å². The van der Waals surface area contributed by atoms with Gasteiger partial charge in [0.25, 0.3) is 5.91 Å². The van der Waals surface area contributed by atoms with E-state index in [0.717, 1.165) is 17.7 Å². The minimum atomic E-state index is -0.0686. The maximum absolute atomic E-state index is 11.9. The number of hydrogen-bond donors (Lipinski definition) is 1. The molecule has 0 bridgehead atoms. The van der Waals surface area contributed by atoms with Crippen LogP contribution in [0.1, 0.15) is 28.4 Å². The SMILES string of the molecule is CCc1cccc(OCCNC(=O)c2ccc(C)cc2)c1. The highest BCUT2D eigenvalue weighted by Gasteiger charge is 2.04. The Morgan fingerprint density at radius 1 is 1.14 bits per heavy atom. The number of aryl methyl sites for hydroxylation is 2. The van der Waals surface area contributed by atoms with E-state index in [4.69, 9.17) is 4.74 Å². The Kier molecular flexibility index (Phi) is 5.38. The lowest BCUT2D eigenvalue weighted by Crippen LogP contribution is -2.28. The van der Waals surface area contributed by atoms with Crippen LogP contribution < -0.4 is 10.1 Å². The lowest BCUT2D eigenvalue weighted by Gasteiger charge is -2.09. The summed E-state index contributed by atoms with van der Waals surface area (Å²) in [5.74, 6) is 0.778. The van der Waals surface area contributed by atoms with Crippen molar-refractivity contribution in [2.24, 2.45) is 0 Å². The molecule has 0 radical (unpaired) electrons. The molecule has 3 heteroatoms. The van der Waals surface area contributed by atoms with Crippen LogP contribution in [0.4, 0.5) is 0 Å². The monoisotopic (exact) mass is 283 g/mol. The van der Waals surface area contributed by atoms with E-state index >= 15 is 0 Å². The molecule has 0 heterocycles. The van der Waals surface area contributed by atoms with E-state index in [2.05, 4.69) is 18.3 Å². The van der Waals surface area contributed by atoms with Crippen LogP contribution in [0.15, 0.2) is 48.5 Å². The summed E-state index contributed by atoms with van der Waals surface area (Å²) < 4.78 is 5.64. The average molecular weight is 283 g/mol. The van der Waals surface area contributed by atoms with Crippen molar-refractivity contribution in [1.82, 2.24) is 5.32 Å². The van der Waals surface area contributed by atoms with E-state index in [-0.39, 0.29) is 5.91 Å². The molecule has 2 aromatic carbocycles. The van der Waals surface area contributed by atoms with Gasteiger partial charge in [-0.1, -0.05) is 36.8 Å². The van der Waals surface area contributed by atoms with E-state index in [0.29, 0.717) is 18.7 Å². The summed E-state index contributed by atoms with van der Waals surface area (Å²) in [7, 11) is 0. The molecule has 0 aliphatic carbocycles. The summed E-state index contributed by atoms with van der Waals surface area (Å²) in [4.78, 5) is 11.9. The van der Waals surface area contributed by atoms with E-state index < -0.39 is 0 Å². The topological polar surface area (TPSA) is 38.3 Å². The molecule has 1 amide bonds. The number of carbonyl (C=O) groups excluding carboxylic acids is 1. The summed E-state index contributed by atoms with van der Waals surface area (Å²) >= 11 is 0. The molecule has 3 nitrogen and oxygen atoms in total. The van der Waals surface area contributed by atoms with E-state index in [1.165, 1.54) is 5.56 Å². The summed E-state index contributed by atoms with van der Waals surface area (Å²) in [5, 5.41) is 2.85. The minimum absolute atomic E-state index is 0.0686. The van der Waals surface area contributed by atoms with Gasteiger partial charge in [0.15, 0.2) is 0 Å². The van der Waals surface area contributed by atoms with Crippen LogP contribution >= 0.6 is 0 Å². The smallest absolute Gasteiger partial charge is 0.251 e. The highest BCUT2D eigenvalue weighted by molar-refractivity contribution is 5.94. The van der Waals surface area contributed by atoms with Gasteiger partial charge in [-0.25, -0.2) is 0 Å². The Morgan fingerprint density at radius 3 is 2.62 bits per heavy atom. The first-order valence-electron chi connectivity index (χ1n) is 7.25. The zero-order valence-corrected chi connectivity index (χ0v) is 12.6. The van der Waals surface area contributed by atoms with Gasteiger partial charge in [-0.15, -0.1) is 0 Å². The molecule has 0 spiro atoms. The molecule has 0 saturated carbocycles. The van der Waals surface area contributed by atoms with Crippen molar-refractivity contribution in [3.05, 3.63) is 65.2 Å². The van der Waals surface area contributed by atoms with Crippen molar-refractivity contribution in [2.75, 3.05) is 13.2 Å². The molecule has 0 aliphatic rings. The van der Waals surface area contributed by atoms with Gasteiger partial charge in [-0.3, -0.25) is 4.79 Å². The second-order valence-electron chi connectivity index (χ2n) is 4.97. The first-order chi connectivity index (χ1) is 10.2. The number of nitrogens with one attached hydrogen (secondary N) is 1. The molecule has 110 valence electrons. The molecule has 0 aromatic heterocycles. The number of ether oxygens (including phenoxy) is 1. The van der Waals surface area contributed by atoms with Gasteiger partial charge in [0, 0.05) is 5.56 Å². The van der Waals surface area contributed by atoms with Crippen LogP contribution in [0.5, 0.6) is 5.75 Å². The van der Waals surface area contributed by atoms with Crippen molar-refractivity contribution in [3.8, 4) is 5.75 Å². The van der Waals surface area contributed by atoms with Crippen molar-refractivity contribution in [3.63, 3.8) is 0 Å². The number of carbonyl (C=O) groups is 1.